The predicted octanol–water partition coefficient (Wildman–Crippen LogP) is -1.54. The first-order chi connectivity index (χ1) is 6.31. The van der Waals surface area contributed by atoms with E-state index in [0.717, 1.165) is 0 Å². The number of primary sulfonamides is 1. The van der Waals surface area contributed by atoms with Crippen molar-refractivity contribution < 1.29 is 13.2 Å². The highest BCUT2D eigenvalue weighted by Gasteiger charge is 2.04. The molecule has 0 radical (unpaired) electrons. The summed E-state index contributed by atoms with van der Waals surface area (Å²) in [5.74, 6) is -0.465. The SMILES string of the molecule is NC(=S)CC(=O)NCCCS(N)(=O)=O. The lowest BCUT2D eigenvalue weighted by molar-refractivity contribution is -0.119. The molecule has 0 aromatic rings. The number of hydrogen-bond donors (Lipinski definition) is 3. The Balaban J connectivity index is 3.56. The van der Waals surface area contributed by atoms with E-state index in [1.807, 2.05) is 0 Å². The normalized spacial score (nSPS) is 10.9. The molecule has 0 aliphatic carbocycles. The zero-order chi connectivity index (χ0) is 11.2. The first kappa shape index (κ1) is 13.3. The fraction of sp³-hybridized carbons (Fsp3) is 0.667. The Morgan fingerprint density at radius 3 is 2.43 bits per heavy atom. The topological polar surface area (TPSA) is 115 Å². The Bertz CT molecular complexity index is 312. The molecule has 0 aromatic heterocycles. The number of nitrogens with one attached hydrogen (secondary N) is 1. The average molecular weight is 239 g/mol. The maximum Gasteiger partial charge on any atom is 0.226 e. The van der Waals surface area contributed by atoms with Crippen molar-refractivity contribution in [1.82, 2.24) is 5.32 Å². The molecular weight excluding hydrogens is 226 g/mol. The summed E-state index contributed by atoms with van der Waals surface area (Å²) in [7, 11) is -3.45. The first-order valence-electron chi connectivity index (χ1n) is 3.87. The Morgan fingerprint density at radius 2 is 2.00 bits per heavy atom. The maximum atomic E-state index is 10.9. The van der Waals surface area contributed by atoms with Crippen molar-refractivity contribution in [2.75, 3.05) is 12.3 Å². The van der Waals surface area contributed by atoms with Gasteiger partial charge in [-0.1, -0.05) is 12.2 Å². The molecular formula is C6H13N3O3S2. The third-order valence-corrected chi connectivity index (χ3v) is 2.26. The smallest absolute Gasteiger partial charge is 0.226 e. The van der Waals surface area contributed by atoms with Gasteiger partial charge in [0.25, 0.3) is 0 Å². The standard InChI is InChI=1S/C6H13N3O3S2/c7-5(13)4-6(10)9-2-1-3-14(8,11)12/h1-4H2,(H2,7,13)(H,9,10)(H2,8,11,12). The number of sulfonamides is 1. The van der Waals surface area contributed by atoms with E-state index in [-0.39, 0.29) is 36.0 Å². The molecule has 0 spiro atoms. The van der Waals surface area contributed by atoms with E-state index in [1.54, 1.807) is 0 Å². The van der Waals surface area contributed by atoms with Crippen molar-refractivity contribution in [3.63, 3.8) is 0 Å². The molecule has 0 saturated heterocycles. The molecule has 0 unspecified atom stereocenters. The van der Waals surface area contributed by atoms with Gasteiger partial charge in [0.2, 0.25) is 15.9 Å². The number of carbonyl (C=O) groups excluding carboxylic acids is 1. The number of rotatable bonds is 6. The van der Waals surface area contributed by atoms with Crippen molar-refractivity contribution in [2.24, 2.45) is 10.9 Å². The van der Waals surface area contributed by atoms with Crippen LogP contribution in [0.4, 0.5) is 0 Å². The van der Waals surface area contributed by atoms with Gasteiger partial charge in [-0.3, -0.25) is 4.79 Å². The minimum atomic E-state index is -3.45. The number of carbonyl (C=O) groups is 1. The monoisotopic (exact) mass is 239 g/mol. The van der Waals surface area contributed by atoms with Crippen LogP contribution < -0.4 is 16.2 Å². The number of amides is 1. The van der Waals surface area contributed by atoms with Crippen LogP contribution in [0.5, 0.6) is 0 Å². The summed E-state index contributed by atoms with van der Waals surface area (Å²) >= 11 is 4.51. The molecule has 82 valence electrons. The summed E-state index contributed by atoms with van der Waals surface area (Å²) in [4.78, 5) is 11.0. The Morgan fingerprint density at radius 1 is 1.43 bits per heavy atom. The highest BCUT2D eigenvalue weighted by atomic mass is 32.2. The van der Waals surface area contributed by atoms with Crippen molar-refractivity contribution in [2.45, 2.75) is 12.8 Å². The largest absolute Gasteiger partial charge is 0.393 e. The quantitative estimate of drug-likeness (QED) is 0.384. The molecule has 0 aliphatic heterocycles. The van der Waals surface area contributed by atoms with Gasteiger partial charge in [0.15, 0.2) is 0 Å². The fourth-order valence-electron chi connectivity index (χ4n) is 0.722. The van der Waals surface area contributed by atoms with Gasteiger partial charge in [-0.25, -0.2) is 13.6 Å². The molecule has 0 aromatic carbocycles. The molecule has 5 N–H and O–H groups in total. The zero-order valence-electron chi connectivity index (χ0n) is 7.52. The summed E-state index contributed by atoms with van der Waals surface area (Å²) in [6, 6.07) is 0. The van der Waals surface area contributed by atoms with E-state index < -0.39 is 10.0 Å². The molecule has 8 heteroatoms. The van der Waals surface area contributed by atoms with Gasteiger partial charge in [-0.15, -0.1) is 0 Å². The predicted molar refractivity (Wildman–Crippen MR) is 57.0 cm³/mol. The highest BCUT2D eigenvalue weighted by Crippen LogP contribution is 1.85. The lowest BCUT2D eigenvalue weighted by atomic mass is 10.4. The third-order valence-electron chi connectivity index (χ3n) is 1.26. The summed E-state index contributed by atoms with van der Waals surface area (Å²) in [5.41, 5.74) is 5.12. The minimum Gasteiger partial charge on any atom is -0.393 e. The molecule has 0 atom stereocenters. The second-order valence-corrected chi connectivity index (χ2v) is 4.97. The molecule has 0 bridgehead atoms. The zero-order valence-corrected chi connectivity index (χ0v) is 9.16. The molecule has 1 amide bonds. The van der Waals surface area contributed by atoms with Crippen LogP contribution in [0, 0.1) is 0 Å². The van der Waals surface area contributed by atoms with Crippen LogP contribution >= 0.6 is 12.2 Å². The lowest BCUT2D eigenvalue weighted by Gasteiger charge is -2.03. The van der Waals surface area contributed by atoms with Gasteiger partial charge in [-0.05, 0) is 6.42 Å². The van der Waals surface area contributed by atoms with Crippen LogP contribution in [-0.2, 0) is 14.8 Å². The van der Waals surface area contributed by atoms with E-state index in [1.165, 1.54) is 0 Å². The molecule has 0 rings (SSSR count). The van der Waals surface area contributed by atoms with Gasteiger partial charge < -0.3 is 11.1 Å². The molecule has 14 heavy (non-hydrogen) atoms. The molecule has 0 fully saturated rings. The van der Waals surface area contributed by atoms with Crippen LogP contribution in [0.25, 0.3) is 0 Å². The summed E-state index contributed by atoms with van der Waals surface area (Å²) in [6.07, 6.45) is 0.257. The van der Waals surface area contributed by atoms with Crippen LogP contribution in [-0.4, -0.2) is 31.6 Å². The summed E-state index contributed by atoms with van der Waals surface area (Å²) in [5, 5.41) is 7.21. The van der Waals surface area contributed by atoms with Gasteiger partial charge >= 0.3 is 0 Å². The van der Waals surface area contributed by atoms with E-state index in [2.05, 4.69) is 17.5 Å². The maximum absolute atomic E-state index is 10.9. The van der Waals surface area contributed by atoms with E-state index in [0.29, 0.717) is 0 Å². The molecule has 0 heterocycles. The van der Waals surface area contributed by atoms with Gasteiger partial charge in [-0.2, -0.15) is 0 Å². The van der Waals surface area contributed by atoms with Crippen LogP contribution in [0.2, 0.25) is 0 Å². The van der Waals surface area contributed by atoms with Gasteiger partial charge in [0.05, 0.1) is 17.2 Å². The summed E-state index contributed by atoms with van der Waals surface area (Å²) in [6.45, 7) is 0.248. The Kier molecular flexibility index (Phi) is 5.58. The van der Waals surface area contributed by atoms with Gasteiger partial charge in [0.1, 0.15) is 0 Å². The lowest BCUT2D eigenvalue weighted by Crippen LogP contribution is -2.30. The Hall–Kier alpha value is -0.730. The number of thiocarbonyl (C=S) groups is 1. The fourth-order valence-corrected chi connectivity index (χ4v) is 1.40. The second kappa shape index (κ2) is 5.89. The van der Waals surface area contributed by atoms with Gasteiger partial charge in [0, 0.05) is 6.54 Å². The van der Waals surface area contributed by atoms with E-state index in [4.69, 9.17) is 10.9 Å². The second-order valence-electron chi connectivity index (χ2n) is 2.71. The third kappa shape index (κ3) is 9.36. The average Bonchev–Trinajstić information content (AvgIpc) is 1.95. The Labute approximate surface area is 88.1 Å². The number of hydrogen-bond acceptors (Lipinski definition) is 4. The molecule has 6 nitrogen and oxygen atoms in total. The number of nitrogens with two attached hydrogens (primary N) is 2. The highest BCUT2D eigenvalue weighted by molar-refractivity contribution is 7.89. The van der Waals surface area contributed by atoms with Crippen LogP contribution in [0.3, 0.4) is 0 Å². The summed E-state index contributed by atoms with van der Waals surface area (Å²) < 4.78 is 21.0. The van der Waals surface area contributed by atoms with Crippen molar-refractivity contribution >= 4 is 33.1 Å². The van der Waals surface area contributed by atoms with Crippen molar-refractivity contribution in [3.8, 4) is 0 Å². The molecule has 0 aliphatic rings. The van der Waals surface area contributed by atoms with Crippen molar-refractivity contribution in [3.05, 3.63) is 0 Å². The van der Waals surface area contributed by atoms with E-state index >= 15 is 0 Å². The van der Waals surface area contributed by atoms with E-state index in [9.17, 15) is 13.2 Å². The molecule has 0 saturated carbocycles. The first-order valence-corrected chi connectivity index (χ1v) is 5.99. The minimum absolute atomic E-state index is 0.0231. The van der Waals surface area contributed by atoms with Crippen LogP contribution in [0.1, 0.15) is 12.8 Å². The van der Waals surface area contributed by atoms with Crippen molar-refractivity contribution in [1.29, 1.82) is 0 Å². The van der Waals surface area contributed by atoms with Crippen LogP contribution in [0.15, 0.2) is 0 Å².